The molecule has 1 aliphatic carbocycles. The fourth-order valence-electron chi connectivity index (χ4n) is 3.62. The minimum atomic E-state index is -0.0210. The predicted octanol–water partition coefficient (Wildman–Crippen LogP) is 4.54. The molecule has 4 nitrogen and oxygen atoms in total. The molecule has 0 saturated heterocycles. The first-order valence-electron chi connectivity index (χ1n) is 8.91. The van der Waals surface area contributed by atoms with Gasteiger partial charge in [0.1, 0.15) is 10.7 Å². The van der Waals surface area contributed by atoms with Gasteiger partial charge in [0.15, 0.2) is 5.78 Å². The van der Waals surface area contributed by atoms with Crippen molar-refractivity contribution in [1.29, 1.82) is 0 Å². The van der Waals surface area contributed by atoms with Gasteiger partial charge in [0.05, 0.1) is 11.8 Å². The third-order valence-corrected chi connectivity index (χ3v) is 6.67. The summed E-state index contributed by atoms with van der Waals surface area (Å²) in [6.45, 7) is 2.46. The number of fused-ring (bicyclic) bond motifs is 3. The Bertz CT molecular complexity index is 1050. The number of halogens is 1. The Hall–Kier alpha value is -1.79. The second-order valence-corrected chi connectivity index (χ2v) is 8.57. The molecule has 26 heavy (non-hydrogen) atoms. The maximum atomic E-state index is 13.1. The third-order valence-electron chi connectivity index (χ3n) is 4.96. The van der Waals surface area contributed by atoms with Gasteiger partial charge in [-0.1, -0.05) is 28.1 Å². The van der Waals surface area contributed by atoms with E-state index in [0.29, 0.717) is 17.9 Å². The van der Waals surface area contributed by atoms with Crippen molar-refractivity contribution >= 4 is 43.3 Å². The van der Waals surface area contributed by atoms with Crippen LogP contribution in [-0.4, -0.2) is 15.3 Å². The summed E-state index contributed by atoms with van der Waals surface area (Å²) in [7, 11) is 0. The highest BCUT2D eigenvalue weighted by Crippen LogP contribution is 2.33. The number of carbonyl (C=O) groups is 1. The monoisotopic (exact) mass is 430 g/mol. The van der Waals surface area contributed by atoms with Gasteiger partial charge < -0.3 is 0 Å². The van der Waals surface area contributed by atoms with Gasteiger partial charge in [-0.3, -0.25) is 14.2 Å². The minimum Gasteiger partial charge on any atom is -0.296 e. The highest BCUT2D eigenvalue weighted by atomic mass is 79.9. The fraction of sp³-hybridized carbons (Fsp3) is 0.350. The first-order valence-corrected chi connectivity index (χ1v) is 10.5. The first-order chi connectivity index (χ1) is 12.6. The lowest BCUT2D eigenvalue weighted by Gasteiger charge is -2.12. The standard InChI is InChI=1S/C20H19BrN2O2S/c1-2-23-17(11-15(24)12-7-9-13(21)10-8-12)22-19-18(20(23)25)14-5-3-4-6-16(14)26-19/h7-10H,2-6,11H2,1H3. The summed E-state index contributed by atoms with van der Waals surface area (Å²) in [4.78, 5) is 32.6. The maximum Gasteiger partial charge on any atom is 0.262 e. The van der Waals surface area contributed by atoms with Gasteiger partial charge in [0, 0.05) is 21.5 Å². The molecule has 0 fully saturated rings. The summed E-state index contributed by atoms with van der Waals surface area (Å²) >= 11 is 5.01. The van der Waals surface area contributed by atoms with Crippen molar-refractivity contribution in [1.82, 2.24) is 9.55 Å². The molecule has 134 valence electrons. The third kappa shape index (κ3) is 3.05. The SMILES string of the molecule is CCn1c(CC(=O)c2ccc(Br)cc2)nc2sc3c(c2c1=O)CCCC3. The van der Waals surface area contributed by atoms with Crippen LogP contribution in [0.15, 0.2) is 33.5 Å². The van der Waals surface area contributed by atoms with Gasteiger partial charge in [-0.2, -0.15) is 0 Å². The van der Waals surface area contributed by atoms with Gasteiger partial charge >= 0.3 is 0 Å². The van der Waals surface area contributed by atoms with Gasteiger partial charge in [-0.25, -0.2) is 4.98 Å². The molecule has 0 spiro atoms. The number of ketones is 1. The van der Waals surface area contributed by atoms with E-state index < -0.39 is 0 Å². The Balaban J connectivity index is 1.78. The Morgan fingerprint density at radius 3 is 2.69 bits per heavy atom. The smallest absolute Gasteiger partial charge is 0.262 e. The van der Waals surface area contributed by atoms with Crippen molar-refractivity contribution in [3.63, 3.8) is 0 Å². The number of aryl methyl sites for hydroxylation is 2. The highest BCUT2D eigenvalue weighted by Gasteiger charge is 2.22. The van der Waals surface area contributed by atoms with Crippen LogP contribution in [0.1, 0.15) is 46.4 Å². The topological polar surface area (TPSA) is 52.0 Å². The molecule has 0 bridgehead atoms. The Kier molecular flexibility index (Phi) is 4.80. The van der Waals surface area contributed by atoms with Crippen LogP contribution in [0.3, 0.4) is 0 Å². The minimum absolute atomic E-state index is 0.00973. The second kappa shape index (κ2) is 7.08. The van der Waals surface area contributed by atoms with Gasteiger partial charge in [-0.15, -0.1) is 11.3 Å². The van der Waals surface area contributed by atoms with Crippen LogP contribution < -0.4 is 5.56 Å². The summed E-state index contributed by atoms with van der Waals surface area (Å²) in [6, 6.07) is 7.29. The molecular weight excluding hydrogens is 412 g/mol. The summed E-state index contributed by atoms with van der Waals surface area (Å²) < 4.78 is 2.60. The van der Waals surface area contributed by atoms with Gasteiger partial charge in [0.2, 0.25) is 0 Å². The summed E-state index contributed by atoms with van der Waals surface area (Å²) in [5.74, 6) is 0.545. The largest absolute Gasteiger partial charge is 0.296 e. The Morgan fingerprint density at radius 2 is 1.96 bits per heavy atom. The van der Waals surface area contributed by atoms with E-state index in [9.17, 15) is 9.59 Å². The van der Waals surface area contributed by atoms with Crippen molar-refractivity contribution in [2.45, 2.75) is 45.6 Å². The molecule has 3 aromatic rings. The van der Waals surface area contributed by atoms with E-state index in [1.807, 2.05) is 19.1 Å². The van der Waals surface area contributed by atoms with Crippen molar-refractivity contribution in [2.24, 2.45) is 0 Å². The average molecular weight is 431 g/mol. The Morgan fingerprint density at radius 1 is 1.23 bits per heavy atom. The number of hydrogen-bond donors (Lipinski definition) is 0. The molecule has 0 amide bonds. The summed E-state index contributed by atoms with van der Waals surface area (Å²) in [5, 5.41) is 0.784. The normalized spacial score (nSPS) is 13.8. The Labute approximate surface area is 164 Å². The van der Waals surface area contributed by atoms with E-state index in [1.54, 1.807) is 28.0 Å². The lowest BCUT2D eigenvalue weighted by Crippen LogP contribution is -2.26. The zero-order chi connectivity index (χ0) is 18.3. The predicted molar refractivity (Wildman–Crippen MR) is 108 cm³/mol. The fourth-order valence-corrected chi connectivity index (χ4v) is 5.16. The zero-order valence-electron chi connectivity index (χ0n) is 14.5. The van der Waals surface area contributed by atoms with E-state index in [4.69, 9.17) is 4.98 Å². The van der Waals surface area contributed by atoms with E-state index in [2.05, 4.69) is 15.9 Å². The molecule has 2 heterocycles. The van der Waals surface area contributed by atoms with Crippen molar-refractivity contribution in [2.75, 3.05) is 0 Å². The van der Waals surface area contributed by atoms with Crippen LogP contribution in [-0.2, 0) is 25.8 Å². The first kappa shape index (κ1) is 17.6. The van der Waals surface area contributed by atoms with Crippen LogP contribution in [0, 0.1) is 0 Å². The number of Topliss-reactive ketones (excluding diaryl/α,β-unsaturated/α-hetero) is 1. The molecule has 2 aromatic heterocycles. The van der Waals surface area contributed by atoms with Crippen LogP contribution in [0.25, 0.3) is 10.2 Å². The number of carbonyl (C=O) groups excluding carboxylic acids is 1. The number of nitrogens with zero attached hydrogens (tertiary/aromatic N) is 2. The quantitative estimate of drug-likeness (QED) is 0.570. The highest BCUT2D eigenvalue weighted by molar-refractivity contribution is 9.10. The van der Waals surface area contributed by atoms with Crippen LogP contribution in [0.2, 0.25) is 0 Å². The zero-order valence-corrected chi connectivity index (χ0v) is 17.0. The molecule has 0 N–H and O–H groups in total. The number of benzene rings is 1. The molecule has 6 heteroatoms. The van der Waals surface area contributed by atoms with E-state index in [-0.39, 0.29) is 17.8 Å². The van der Waals surface area contributed by atoms with Crippen molar-refractivity contribution in [3.05, 3.63) is 60.9 Å². The molecular formula is C20H19BrN2O2S. The molecule has 0 unspecified atom stereocenters. The number of aromatic nitrogens is 2. The summed E-state index contributed by atoms with van der Waals surface area (Å²) in [6.07, 6.45) is 4.45. The number of thiophene rings is 1. The molecule has 0 atom stereocenters. The lowest BCUT2D eigenvalue weighted by atomic mass is 9.97. The average Bonchev–Trinajstić information content (AvgIpc) is 3.01. The molecule has 1 aromatic carbocycles. The second-order valence-electron chi connectivity index (χ2n) is 6.58. The van der Waals surface area contributed by atoms with Crippen LogP contribution >= 0.6 is 27.3 Å². The van der Waals surface area contributed by atoms with Gasteiger partial charge in [-0.05, 0) is 50.3 Å². The molecule has 0 saturated carbocycles. The van der Waals surface area contributed by atoms with Gasteiger partial charge in [0.25, 0.3) is 5.56 Å². The van der Waals surface area contributed by atoms with E-state index in [1.165, 1.54) is 16.9 Å². The van der Waals surface area contributed by atoms with E-state index >= 15 is 0 Å². The van der Waals surface area contributed by atoms with Crippen LogP contribution in [0.4, 0.5) is 0 Å². The molecule has 0 radical (unpaired) electrons. The van der Waals surface area contributed by atoms with Crippen molar-refractivity contribution in [3.8, 4) is 0 Å². The molecule has 1 aliphatic rings. The lowest BCUT2D eigenvalue weighted by molar-refractivity contribution is 0.0989. The van der Waals surface area contributed by atoms with Crippen molar-refractivity contribution < 1.29 is 4.79 Å². The maximum absolute atomic E-state index is 13.1. The number of hydrogen-bond acceptors (Lipinski definition) is 4. The number of rotatable bonds is 4. The summed E-state index contributed by atoms with van der Waals surface area (Å²) in [5.41, 5.74) is 1.84. The van der Waals surface area contributed by atoms with E-state index in [0.717, 1.165) is 34.0 Å². The molecule has 0 aliphatic heterocycles. The molecule has 4 rings (SSSR count). The van der Waals surface area contributed by atoms with Crippen LogP contribution in [0.5, 0.6) is 0 Å².